The number of rotatable bonds is 5. The lowest BCUT2D eigenvalue weighted by atomic mass is 9.95. The van der Waals surface area contributed by atoms with Gasteiger partial charge in [-0.2, -0.15) is 0 Å². The summed E-state index contributed by atoms with van der Waals surface area (Å²) in [5, 5.41) is 8.08. The van der Waals surface area contributed by atoms with E-state index in [2.05, 4.69) is 32.2 Å². The number of hydrogen-bond acceptors (Lipinski definition) is 6. The van der Waals surface area contributed by atoms with Crippen LogP contribution in [0.5, 0.6) is 0 Å². The Bertz CT molecular complexity index is 714. The maximum absolute atomic E-state index is 5.64. The highest BCUT2D eigenvalue weighted by molar-refractivity contribution is 5.77. The quantitative estimate of drug-likeness (QED) is 0.848. The standard InChI is InChI=1S/C18H25N5O/c19-18-20-16-11-14-5-4-13(15(14)12-17(16)21-22-18)3-1-2-6-23-7-9-24-10-8-23/h11-13H,1-10H2,(H2,19,20,22). The van der Waals surface area contributed by atoms with Crippen molar-refractivity contribution in [3.8, 4) is 0 Å². The highest BCUT2D eigenvalue weighted by atomic mass is 16.5. The summed E-state index contributed by atoms with van der Waals surface area (Å²) in [7, 11) is 0. The Morgan fingerprint density at radius 2 is 2.00 bits per heavy atom. The molecule has 1 aliphatic heterocycles. The molecule has 2 aliphatic rings. The van der Waals surface area contributed by atoms with E-state index in [0.29, 0.717) is 5.92 Å². The predicted octanol–water partition coefficient (Wildman–Crippen LogP) is 2.14. The first-order chi connectivity index (χ1) is 11.8. The van der Waals surface area contributed by atoms with Gasteiger partial charge in [-0.05, 0) is 61.4 Å². The van der Waals surface area contributed by atoms with E-state index in [0.717, 1.165) is 43.8 Å². The Balaban J connectivity index is 1.36. The Labute approximate surface area is 142 Å². The first kappa shape index (κ1) is 15.7. The molecule has 0 amide bonds. The van der Waals surface area contributed by atoms with Crippen LogP contribution in [-0.2, 0) is 11.2 Å². The molecule has 0 bridgehead atoms. The van der Waals surface area contributed by atoms with Crippen molar-refractivity contribution >= 4 is 17.0 Å². The molecular formula is C18H25N5O. The highest BCUT2D eigenvalue weighted by Gasteiger charge is 2.23. The molecule has 128 valence electrons. The van der Waals surface area contributed by atoms with Crippen LogP contribution in [0.2, 0.25) is 0 Å². The number of morpholine rings is 1. The summed E-state index contributed by atoms with van der Waals surface area (Å²) in [5.74, 6) is 0.911. The Kier molecular flexibility index (Phi) is 4.58. The van der Waals surface area contributed by atoms with Crippen molar-refractivity contribution in [1.29, 1.82) is 0 Å². The van der Waals surface area contributed by atoms with Gasteiger partial charge < -0.3 is 10.5 Å². The molecule has 1 fully saturated rings. The zero-order chi connectivity index (χ0) is 16.4. The monoisotopic (exact) mass is 327 g/mol. The number of unbranched alkanes of at least 4 members (excludes halogenated alkanes) is 1. The molecule has 2 N–H and O–H groups in total. The second kappa shape index (κ2) is 6.99. The smallest absolute Gasteiger partial charge is 0.240 e. The number of hydrogen-bond donors (Lipinski definition) is 1. The minimum atomic E-state index is 0.250. The fraction of sp³-hybridized carbons (Fsp3) is 0.611. The number of nitrogens with zero attached hydrogens (tertiary/aromatic N) is 4. The second-order valence-electron chi connectivity index (χ2n) is 6.90. The zero-order valence-electron chi connectivity index (χ0n) is 14.1. The molecule has 6 nitrogen and oxygen atoms in total. The lowest BCUT2D eigenvalue weighted by molar-refractivity contribution is 0.0371. The van der Waals surface area contributed by atoms with E-state index in [4.69, 9.17) is 10.5 Å². The van der Waals surface area contributed by atoms with Crippen molar-refractivity contribution in [2.24, 2.45) is 0 Å². The highest BCUT2D eigenvalue weighted by Crippen LogP contribution is 2.38. The van der Waals surface area contributed by atoms with Gasteiger partial charge >= 0.3 is 0 Å². The molecular weight excluding hydrogens is 302 g/mol. The number of ether oxygens (including phenoxy) is 1. The van der Waals surface area contributed by atoms with Gasteiger partial charge in [-0.3, -0.25) is 4.90 Å². The molecule has 1 aliphatic carbocycles. The molecule has 0 spiro atoms. The van der Waals surface area contributed by atoms with Gasteiger partial charge in [-0.15, -0.1) is 10.2 Å². The van der Waals surface area contributed by atoms with Crippen LogP contribution in [0.1, 0.15) is 42.7 Å². The van der Waals surface area contributed by atoms with Crippen LogP contribution in [0.4, 0.5) is 5.95 Å². The van der Waals surface area contributed by atoms with Crippen molar-refractivity contribution in [2.45, 2.75) is 38.0 Å². The molecule has 0 radical (unpaired) electrons. The van der Waals surface area contributed by atoms with Crippen molar-refractivity contribution in [3.05, 3.63) is 23.3 Å². The summed E-state index contributed by atoms with van der Waals surface area (Å²) >= 11 is 0. The molecule has 4 rings (SSSR count). The number of aromatic nitrogens is 3. The summed E-state index contributed by atoms with van der Waals surface area (Å²) < 4.78 is 5.40. The van der Waals surface area contributed by atoms with Crippen molar-refractivity contribution in [2.75, 3.05) is 38.6 Å². The maximum Gasteiger partial charge on any atom is 0.240 e. The third kappa shape index (κ3) is 3.35. The third-order valence-corrected chi connectivity index (χ3v) is 5.31. The van der Waals surface area contributed by atoms with E-state index in [1.54, 1.807) is 0 Å². The van der Waals surface area contributed by atoms with E-state index in [9.17, 15) is 0 Å². The van der Waals surface area contributed by atoms with E-state index in [1.165, 1.54) is 43.4 Å². The molecule has 1 aromatic heterocycles. The molecule has 2 heterocycles. The van der Waals surface area contributed by atoms with Crippen LogP contribution in [0.25, 0.3) is 11.0 Å². The van der Waals surface area contributed by atoms with Crippen LogP contribution >= 0.6 is 0 Å². The van der Waals surface area contributed by atoms with Crippen LogP contribution in [0.3, 0.4) is 0 Å². The molecule has 6 heteroatoms. The Morgan fingerprint density at radius 3 is 2.88 bits per heavy atom. The van der Waals surface area contributed by atoms with Crippen molar-refractivity contribution < 1.29 is 4.74 Å². The van der Waals surface area contributed by atoms with Gasteiger partial charge in [0.2, 0.25) is 5.95 Å². The summed E-state index contributed by atoms with van der Waals surface area (Å²) in [6.45, 7) is 5.17. The van der Waals surface area contributed by atoms with Gasteiger partial charge in [0, 0.05) is 13.1 Å². The minimum absolute atomic E-state index is 0.250. The van der Waals surface area contributed by atoms with Gasteiger partial charge in [-0.25, -0.2) is 4.98 Å². The van der Waals surface area contributed by atoms with Crippen LogP contribution in [0, 0.1) is 0 Å². The number of benzene rings is 1. The zero-order valence-corrected chi connectivity index (χ0v) is 14.1. The summed E-state index contributed by atoms with van der Waals surface area (Å²) in [6.07, 6.45) is 6.20. The number of aryl methyl sites for hydroxylation is 1. The van der Waals surface area contributed by atoms with Gasteiger partial charge in [0.1, 0.15) is 5.52 Å². The van der Waals surface area contributed by atoms with Crippen molar-refractivity contribution in [1.82, 2.24) is 20.1 Å². The predicted molar refractivity (Wildman–Crippen MR) is 93.9 cm³/mol. The number of nitrogen functional groups attached to an aromatic ring is 1. The largest absolute Gasteiger partial charge is 0.379 e. The summed E-state index contributed by atoms with van der Waals surface area (Å²) in [6, 6.07) is 4.34. The van der Waals surface area contributed by atoms with E-state index in [-0.39, 0.29) is 5.95 Å². The third-order valence-electron chi connectivity index (χ3n) is 5.31. The number of nitrogens with two attached hydrogens (primary N) is 1. The molecule has 24 heavy (non-hydrogen) atoms. The van der Waals surface area contributed by atoms with Crippen molar-refractivity contribution in [3.63, 3.8) is 0 Å². The van der Waals surface area contributed by atoms with Gasteiger partial charge in [0.05, 0.1) is 18.7 Å². The van der Waals surface area contributed by atoms with Crippen LogP contribution < -0.4 is 5.73 Å². The van der Waals surface area contributed by atoms with Gasteiger partial charge in [0.15, 0.2) is 0 Å². The Hall–Kier alpha value is -1.79. The van der Waals surface area contributed by atoms with E-state index < -0.39 is 0 Å². The summed E-state index contributed by atoms with van der Waals surface area (Å²) in [4.78, 5) is 6.81. The topological polar surface area (TPSA) is 77.2 Å². The molecule has 1 atom stereocenters. The first-order valence-electron chi connectivity index (χ1n) is 9.02. The van der Waals surface area contributed by atoms with Crippen LogP contribution in [-0.4, -0.2) is 52.9 Å². The fourth-order valence-electron chi connectivity index (χ4n) is 3.99. The maximum atomic E-state index is 5.64. The first-order valence-corrected chi connectivity index (χ1v) is 9.02. The second-order valence-corrected chi connectivity index (χ2v) is 6.90. The molecule has 1 saturated heterocycles. The molecule has 1 unspecified atom stereocenters. The lowest BCUT2D eigenvalue weighted by Crippen LogP contribution is -2.36. The lowest BCUT2D eigenvalue weighted by Gasteiger charge is -2.26. The fourth-order valence-corrected chi connectivity index (χ4v) is 3.99. The van der Waals surface area contributed by atoms with Gasteiger partial charge in [0.25, 0.3) is 0 Å². The molecule has 2 aromatic rings. The van der Waals surface area contributed by atoms with E-state index >= 15 is 0 Å². The normalized spacial score (nSPS) is 21.2. The van der Waals surface area contributed by atoms with Gasteiger partial charge in [-0.1, -0.05) is 6.42 Å². The number of anilines is 1. The van der Waals surface area contributed by atoms with E-state index in [1.807, 2.05) is 0 Å². The minimum Gasteiger partial charge on any atom is -0.379 e. The average molecular weight is 327 g/mol. The average Bonchev–Trinajstić information content (AvgIpc) is 2.99. The Morgan fingerprint density at radius 1 is 1.12 bits per heavy atom. The molecule has 0 saturated carbocycles. The van der Waals surface area contributed by atoms with Crippen LogP contribution in [0.15, 0.2) is 12.1 Å². The molecule has 1 aromatic carbocycles. The summed E-state index contributed by atoms with van der Waals surface area (Å²) in [5.41, 5.74) is 10.2. The number of fused-ring (bicyclic) bond motifs is 2. The SMILES string of the molecule is Nc1nnc2cc3c(cc2n1)CCC3CCCCN1CCOCC1.